The predicted molar refractivity (Wildman–Crippen MR) is 48.5 cm³/mol. The number of hydrogen-bond donors (Lipinski definition) is 2. The highest BCUT2D eigenvalue weighted by atomic mass is 32.2. The molecule has 4 atom stereocenters. The molecule has 15 heavy (non-hydrogen) atoms. The molecule has 90 valence electrons. The lowest BCUT2D eigenvalue weighted by atomic mass is 10.1. The van der Waals surface area contributed by atoms with Crippen molar-refractivity contribution in [3.05, 3.63) is 0 Å². The van der Waals surface area contributed by atoms with Crippen molar-refractivity contribution in [2.45, 2.75) is 24.6 Å². The molecular weight excluding hydrogens is 228 g/mol. The van der Waals surface area contributed by atoms with Crippen LogP contribution in [0.3, 0.4) is 0 Å². The van der Waals surface area contributed by atoms with Crippen LogP contribution >= 0.6 is 0 Å². The fourth-order valence-electron chi connectivity index (χ4n) is 1.27. The summed E-state index contributed by atoms with van der Waals surface area (Å²) < 4.78 is 36.1. The van der Waals surface area contributed by atoms with E-state index >= 15 is 0 Å². The average molecular weight is 242 g/mol. The summed E-state index contributed by atoms with van der Waals surface area (Å²) in [6.45, 7) is -0.136. The van der Waals surface area contributed by atoms with Crippen LogP contribution < -0.4 is 0 Å². The van der Waals surface area contributed by atoms with E-state index in [9.17, 15) is 18.6 Å². The molecule has 0 saturated carbocycles. The number of ether oxygens (including phenoxy) is 2. The van der Waals surface area contributed by atoms with Crippen molar-refractivity contribution in [1.29, 1.82) is 0 Å². The minimum atomic E-state index is -3.75. The topological polar surface area (TPSA) is 102 Å². The molecule has 0 aromatic carbocycles. The van der Waals surface area contributed by atoms with Crippen LogP contribution in [0.4, 0.5) is 0 Å². The minimum Gasteiger partial charge on any atom is -0.388 e. The predicted octanol–water partition coefficient (Wildman–Crippen LogP) is -1.94. The lowest BCUT2D eigenvalue weighted by Crippen LogP contribution is -2.55. The number of hydrogen-bond acceptors (Lipinski definition) is 7. The second kappa shape index (κ2) is 4.73. The van der Waals surface area contributed by atoms with Gasteiger partial charge in [-0.2, -0.15) is 8.42 Å². The highest BCUT2D eigenvalue weighted by Crippen LogP contribution is 2.20. The monoisotopic (exact) mass is 242 g/mol. The van der Waals surface area contributed by atoms with Crippen LogP contribution in [0.1, 0.15) is 0 Å². The zero-order valence-electron chi connectivity index (χ0n) is 8.36. The maximum atomic E-state index is 10.9. The Bertz CT molecular complexity index is 298. The van der Waals surface area contributed by atoms with Gasteiger partial charge in [0.15, 0.2) is 12.4 Å². The largest absolute Gasteiger partial charge is 0.388 e. The van der Waals surface area contributed by atoms with Gasteiger partial charge in [-0.1, -0.05) is 0 Å². The molecule has 1 aliphatic heterocycles. The fourth-order valence-corrected chi connectivity index (χ4v) is 1.88. The summed E-state index contributed by atoms with van der Waals surface area (Å²) in [7, 11) is -2.47. The summed E-state index contributed by atoms with van der Waals surface area (Å²) in [6, 6.07) is 0. The lowest BCUT2D eigenvalue weighted by Gasteiger charge is -2.36. The van der Waals surface area contributed by atoms with Crippen molar-refractivity contribution in [3.8, 4) is 0 Å². The normalized spacial score (nSPS) is 37.9. The zero-order valence-corrected chi connectivity index (χ0v) is 9.18. The Labute approximate surface area is 87.7 Å². The fraction of sp³-hybridized carbons (Fsp3) is 1.00. The Morgan fingerprint density at radius 2 is 2.00 bits per heavy atom. The Morgan fingerprint density at radius 1 is 1.40 bits per heavy atom. The Hall–Kier alpha value is -0.250. The Morgan fingerprint density at radius 3 is 2.47 bits per heavy atom. The molecule has 0 bridgehead atoms. The Kier molecular flexibility index (Phi) is 4.04. The van der Waals surface area contributed by atoms with Crippen LogP contribution in [0, 0.1) is 0 Å². The number of aliphatic hydroxyl groups is 2. The third-order valence-electron chi connectivity index (χ3n) is 1.95. The van der Waals surface area contributed by atoms with E-state index in [1.165, 1.54) is 7.11 Å². The van der Waals surface area contributed by atoms with E-state index in [0.29, 0.717) is 0 Å². The van der Waals surface area contributed by atoms with Crippen LogP contribution in [-0.4, -0.2) is 63.2 Å². The molecule has 4 unspecified atom stereocenters. The van der Waals surface area contributed by atoms with Crippen molar-refractivity contribution in [2.75, 3.05) is 20.0 Å². The summed E-state index contributed by atoms with van der Waals surface area (Å²) in [5, 5.41) is 18.8. The van der Waals surface area contributed by atoms with Gasteiger partial charge < -0.3 is 19.7 Å². The van der Waals surface area contributed by atoms with E-state index in [-0.39, 0.29) is 6.61 Å². The molecular formula is C7H14O7S. The third-order valence-corrected chi connectivity index (χ3v) is 2.52. The molecule has 0 radical (unpaired) electrons. The SMILES string of the molecule is COC1OCC(O)C(O)C1OS(C)(=O)=O. The van der Waals surface area contributed by atoms with Gasteiger partial charge in [0.25, 0.3) is 10.1 Å². The molecule has 2 N–H and O–H groups in total. The van der Waals surface area contributed by atoms with E-state index in [1.807, 2.05) is 0 Å². The van der Waals surface area contributed by atoms with Crippen molar-refractivity contribution in [2.24, 2.45) is 0 Å². The van der Waals surface area contributed by atoms with Gasteiger partial charge in [-0.3, -0.25) is 4.18 Å². The second-order valence-electron chi connectivity index (χ2n) is 3.26. The van der Waals surface area contributed by atoms with Gasteiger partial charge in [0, 0.05) is 7.11 Å². The molecule has 1 fully saturated rings. The number of rotatable bonds is 3. The molecule has 0 aromatic heterocycles. The number of aliphatic hydroxyl groups excluding tert-OH is 2. The Balaban J connectivity index is 2.78. The average Bonchev–Trinajstić information content (AvgIpc) is 2.11. The maximum Gasteiger partial charge on any atom is 0.264 e. The van der Waals surface area contributed by atoms with Crippen molar-refractivity contribution >= 4 is 10.1 Å². The van der Waals surface area contributed by atoms with E-state index in [1.54, 1.807) is 0 Å². The van der Waals surface area contributed by atoms with Crippen molar-refractivity contribution < 1.29 is 32.3 Å². The van der Waals surface area contributed by atoms with Crippen LogP contribution in [-0.2, 0) is 23.8 Å². The summed E-state index contributed by atoms with van der Waals surface area (Å²) in [6.07, 6.45) is -3.98. The van der Waals surface area contributed by atoms with Gasteiger partial charge in [0.2, 0.25) is 0 Å². The van der Waals surface area contributed by atoms with E-state index in [4.69, 9.17) is 9.47 Å². The summed E-state index contributed by atoms with van der Waals surface area (Å²) in [5.74, 6) is 0. The zero-order chi connectivity index (χ0) is 11.6. The highest BCUT2D eigenvalue weighted by molar-refractivity contribution is 7.86. The molecule has 1 rings (SSSR count). The van der Waals surface area contributed by atoms with E-state index in [2.05, 4.69) is 4.18 Å². The molecule has 0 amide bonds. The van der Waals surface area contributed by atoms with Gasteiger partial charge in [-0.05, 0) is 0 Å². The first-order chi connectivity index (χ1) is 6.85. The molecule has 0 aromatic rings. The van der Waals surface area contributed by atoms with Crippen LogP contribution in [0.2, 0.25) is 0 Å². The third kappa shape index (κ3) is 3.37. The molecule has 1 heterocycles. The van der Waals surface area contributed by atoms with Crippen molar-refractivity contribution in [1.82, 2.24) is 0 Å². The van der Waals surface area contributed by atoms with Gasteiger partial charge in [0.1, 0.15) is 12.2 Å². The number of methoxy groups -OCH3 is 1. The summed E-state index contributed by atoms with van der Waals surface area (Å²) in [4.78, 5) is 0. The van der Waals surface area contributed by atoms with E-state index in [0.717, 1.165) is 6.26 Å². The molecule has 0 aliphatic carbocycles. The smallest absolute Gasteiger partial charge is 0.264 e. The van der Waals surface area contributed by atoms with Crippen LogP contribution in [0.5, 0.6) is 0 Å². The van der Waals surface area contributed by atoms with Gasteiger partial charge in [-0.15, -0.1) is 0 Å². The van der Waals surface area contributed by atoms with Crippen LogP contribution in [0.15, 0.2) is 0 Å². The highest BCUT2D eigenvalue weighted by Gasteiger charge is 2.41. The molecule has 7 nitrogen and oxygen atoms in total. The van der Waals surface area contributed by atoms with Gasteiger partial charge in [0.05, 0.1) is 12.9 Å². The second-order valence-corrected chi connectivity index (χ2v) is 4.86. The molecule has 0 spiro atoms. The van der Waals surface area contributed by atoms with Gasteiger partial charge >= 0.3 is 0 Å². The lowest BCUT2D eigenvalue weighted by molar-refractivity contribution is -0.253. The first-order valence-electron chi connectivity index (χ1n) is 4.24. The molecule has 1 saturated heterocycles. The van der Waals surface area contributed by atoms with Crippen LogP contribution in [0.25, 0.3) is 0 Å². The van der Waals surface area contributed by atoms with E-state index < -0.39 is 34.7 Å². The summed E-state index contributed by atoms with van der Waals surface area (Å²) in [5.41, 5.74) is 0. The molecule has 1 aliphatic rings. The maximum absolute atomic E-state index is 10.9. The van der Waals surface area contributed by atoms with Crippen molar-refractivity contribution in [3.63, 3.8) is 0 Å². The standard InChI is InChI=1S/C7H14O7S/c1-12-7-6(14-15(2,10)11)5(9)4(8)3-13-7/h4-9H,3H2,1-2H3. The molecule has 8 heteroatoms. The first kappa shape index (κ1) is 12.8. The summed E-state index contributed by atoms with van der Waals surface area (Å²) >= 11 is 0. The quantitative estimate of drug-likeness (QED) is 0.555. The minimum absolute atomic E-state index is 0.136. The first-order valence-corrected chi connectivity index (χ1v) is 6.05. The van der Waals surface area contributed by atoms with Gasteiger partial charge in [-0.25, -0.2) is 0 Å².